The van der Waals surface area contributed by atoms with E-state index in [1.165, 1.54) is 83.1 Å². The van der Waals surface area contributed by atoms with Crippen molar-refractivity contribution in [3.8, 4) is 0 Å². The molecular formula is C66H88O22S10. The molecule has 0 saturated heterocycles. The molecule has 0 aliphatic carbocycles. The van der Waals surface area contributed by atoms with Crippen LogP contribution in [0.5, 0.6) is 0 Å². The van der Waals surface area contributed by atoms with Crippen molar-refractivity contribution in [1.82, 2.24) is 0 Å². The highest BCUT2D eigenvalue weighted by molar-refractivity contribution is 8.27. The summed E-state index contributed by atoms with van der Waals surface area (Å²) in [5.74, 6) is 0.687. The van der Waals surface area contributed by atoms with Crippen LogP contribution in [0.4, 0.5) is 0 Å². The van der Waals surface area contributed by atoms with E-state index in [4.69, 9.17) is 50.7 Å². The number of carboxylic acid groups (broad SMARTS) is 1. The van der Waals surface area contributed by atoms with Gasteiger partial charge < -0.3 is 50.7 Å². The second-order valence-electron chi connectivity index (χ2n) is 24.2. The number of hydrogen-bond donors (Lipinski definition) is 9. The van der Waals surface area contributed by atoms with E-state index in [0.717, 1.165) is 77.0 Å². The number of rotatable bonds is 10. The van der Waals surface area contributed by atoms with Crippen molar-refractivity contribution >= 4 is 180 Å². The van der Waals surface area contributed by atoms with Crippen molar-refractivity contribution in [2.75, 3.05) is 49.9 Å². The molecule has 0 aromatic rings. The van der Waals surface area contributed by atoms with Gasteiger partial charge >= 0.3 is 5.97 Å². The summed E-state index contributed by atoms with van der Waals surface area (Å²) in [4.78, 5) is 128. The molecule has 6 unspecified atom stereocenters. The molecule has 10 rings (SSSR count). The van der Waals surface area contributed by atoms with Crippen LogP contribution >= 0.6 is 118 Å². The average molecular weight is 1550 g/mol. The maximum absolute atomic E-state index is 11.2. The number of aliphatic carboxylic acids is 1. The van der Waals surface area contributed by atoms with Gasteiger partial charge in [-0.1, -0.05) is 204 Å². The molecule has 0 aromatic carbocycles. The van der Waals surface area contributed by atoms with Crippen molar-refractivity contribution in [3.05, 3.63) is 116 Å². The number of carbonyl (C=O) groups excluding carboxylic acids is 11. The summed E-state index contributed by atoms with van der Waals surface area (Å²) in [6.07, 6.45) is 15.4. The maximum Gasteiger partial charge on any atom is 0.339 e. The van der Waals surface area contributed by atoms with Gasteiger partial charge in [0.05, 0.1) is 32.2 Å². The largest absolute Gasteiger partial charge is 0.507 e. The minimum Gasteiger partial charge on any atom is -0.507 e. The van der Waals surface area contributed by atoms with Crippen LogP contribution in [0.2, 0.25) is 0 Å². The molecule has 22 nitrogen and oxygen atoms in total. The first-order chi connectivity index (χ1) is 45.4. The smallest absolute Gasteiger partial charge is 0.339 e. The zero-order chi connectivity index (χ0) is 75.3. The Morgan fingerprint density at radius 2 is 1.18 bits per heavy atom. The Hall–Kier alpha value is -4.42. The monoisotopic (exact) mass is 1550 g/mol. The van der Waals surface area contributed by atoms with Gasteiger partial charge in [0.1, 0.15) is 27.1 Å². The van der Waals surface area contributed by atoms with E-state index in [0.29, 0.717) is 62.8 Å². The van der Waals surface area contributed by atoms with Crippen molar-refractivity contribution in [3.63, 3.8) is 0 Å². The summed E-state index contributed by atoms with van der Waals surface area (Å²) >= 11 is 11.4. The number of thioether (sulfide) groups is 10. The molecule has 0 bridgehead atoms. The van der Waals surface area contributed by atoms with Gasteiger partial charge in [-0.25, -0.2) is 4.79 Å². The Morgan fingerprint density at radius 1 is 0.643 bits per heavy atom. The van der Waals surface area contributed by atoms with Crippen LogP contribution in [0.25, 0.3) is 0 Å². The molecule has 9 N–H and O–H groups in total. The third kappa shape index (κ3) is 31.4. The van der Waals surface area contributed by atoms with Crippen molar-refractivity contribution < 1.29 is 108 Å². The summed E-state index contributed by atoms with van der Waals surface area (Å²) in [5, 5.41) is 77.8. The van der Waals surface area contributed by atoms with Crippen LogP contribution in [-0.2, 0) is 62.3 Å². The molecule has 6 atom stereocenters. The highest BCUT2D eigenvalue weighted by Gasteiger charge is 2.42. The van der Waals surface area contributed by atoms with Crippen molar-refractivity contribution in [1.29, 1.82) is 0 Å². The predicted octanol–water partition coefficient (Wildman–Crippen LogP) is 11.5. The molecule has 98 heavy (non-hydrogen) atoms. The van der Waals surface area contributed by atoms with E-state index in [2.05, 4.69) is 55.4 Å². The topological polar surface area (TPSA) is 396 Å². The molecular weight excluding hydrogens is 1470 g/mol. The lowest BCUT2D eigenvalue weighted by molar-refractivity contribution is -0.134. The number of hydrogen-bond acceptors (Lipinski definition) is 31. The molecule has 32 heteroatoms. The van der Waals surface area contributed by atoms with Crippen LogP contribution in [0.1, 0.15) is 116 Å². The molecule has 10 aliphatic heterocycles. The predicted molar refractivity (Wildman–Crippen MR) is 401 cm³/mol. The van der Waals surface area contributed by atoms with Gasteiger partial charge in [0.2, 0.25) is 57.6 Å². The number of methoxy groups -OCH3 is 1. The van der Waals surface area contributed by atoms with E-state index in [1.807, 2.05) is 32.1 Å². The van der Waals surface area contributed by atoms with E-state index in [9.17, 15) is 57.5 Å². The van der Waals surface area contributed by atoms with Gasteiger partial charge in [0, 0.05) is 61.9 Å². The highest BCUT2D eigenvalue weighted by Crippen LogP contribution is 2.43. The maximum atomic E-state index is 11.2. The third-order valence-corrected chi connectivity index (χ3v) is 24.4. The number of carboxylic acids is 1. The normalized spacial score (nSPS) is 23.3. The van der Waals surface area contributed by atoms with Crippen molar-refractivity contribution in [2.24, 2.45) is 16.7 Å². The van der Waals surface area contributed by atoms with Crippen LogP contribution in [0, 0.1) is 16.7 Å². The lowest BCUT2D eigenvalue weighted by Crippen LogP contribution is -2.26. The molecule has 0 amide bonds. The molecule has 10 aliphatic rings. The first-order valence-corrected chi connectivity index (χ1v) is 39.1. The first-order valence-electron chi connectivity index (χ1n) is 30.0. The minimum atomic E-state index is -1.23. The van der Waals surface area contributed by atoms with Crippen LogP contribution < -0.4 is 0 Å². The Labute approximate surface area is 614 Å². The number of aliphatic hydroxyl groups excluding tert-OH is 8. The molecule has 0 spiro atoms. The molecule has 0 radical (unpaired) electrons. The third-order valence-electron chi connectivity index (χ3n) is 13.8. The Balaban J connectivity index is 0.000000546. The van der Waals surface area contributed by atoms with Crippen LogP contribution in [-0.4, -0.2) is 190 Å². The number of aliphatic hydroxyl groups is 8. The van der Waals surface area contributed by atoms with E-state index >= 15 is 0 Å². The fourth-order valence-electron chi connectivity index (χ4n) is 7.89. The lowest BCUT2D eigenvalue weighted by Gasteiger charge is -2.23. The second kappa shape index (κ2) is 44.2. The number of ether oxygens (including phenoxy) is 1. The highest BCUT2D eigenvalue weighted by atomic mass is 32.2. The van der Waals surface area contributed by atoms with Crippen LogP contribution in [0.15, 0.2) is 116 Å². The molecule has 10 heterocycles. The zero-order valence-electron chi connectivity index (χ0n) is 57.1. The SMILES string of the molecule is CC(C)(C)C1=CC(=O)SC1.CC(C)(C)C1C=CC(=O)S1.CC(C)CC1C=CC(=O)S1.CC1=C(C)C(=O)SC1=O.CCC1=C(C)CSC1=O.COC1=C(C)C(=O)SC1(C)CO.O=C(O)C1=CCSC1=O.O=C1C=CC(CCO)S1.O=C1SC(C(O)CO)C(O)=C1O.O=C1SCC(O)=C1O. The van der Waals surface area contributed by atoms with Gasteiger partial charge in [0.15, 0.2) is 5.76 Å². The molecule has 0 aromatic heterocycles. The van der Waals surface area contributed by atoms with Crippen LogP contribution in [0.3, 0.4) is 0 Å². The average Bonchev–Trinajstić information content (AvgIpc) is 1.65. The first kappa shape index (κ1) is 91.6. The summed E-state index contributed by atoms with van der Waals surface area (Å²) < 4.78 is 4.50. The summed E-state index contributed by atoms with van der Waals surface area (Å²) in [5.41, 5.74) is 5.70. The standard InChI is InChI=1S/C8H12O3S.3C8H12OS.C7H10OS.C6H8O5S.C6H6O2S.C6H8O2S.C5H4O3S.C4H4O3S/c1-5-6(11-3)8(2,4-9)12-7(5)10;1-8(2,3)6-4-7(9)10-5-6;1-8(2,3)6-4-5-7(9)10-6;1-6(2)5-7-3-4-8(9)10-7;1-3-6-5(2)4-9-7(6)8;7-1-2(8)5-3(9)4(10)6(11)12-5;1-3-4(2)6(8)9-5(3)7;7-4-3-5-1-2-6(8)9-5;6-4(7)3-1-2-9-5(3)8;5-2-1-8-4(7)3(2)6/h9H,4H2,1-3H3;4H,5H2,1-3H3;4-6H,1-3H3;3-4,6-7H,5H2,1-2H3;3-4H2,1-2H3;2,5,7-10H,1H2;1-2H3;1-2,5,7H,3-4H2;1H,2H2,(H,6,7);5-6H,1H2. The Kier molecular flexibility index (Phi) is 41.3. The fraction of sp³-hybridized carbons (Fsp3) is 0.515. The summed E-state index contributed by atoms with van der Waals surface area (Å²) in [6, 6.07) is 0. The van der Waals surface area contributed by atoms with Crippen molar-refractivity contribution in [2.45, 2.75) is 148 Å². The fourth-order valence-corrected chi connectivity index (χ4v) is 16.9. The lowest BCUT2D eigenvalue weighted by atomic mass is 9.88. The molecule has 0 saturated carbocycles. The Morgan fingerprint density at radius 3 is 1.44 bits per heavy atom. The number of carbonyl (C=O) groups is 12. The summed E-state index contributed by atoms with van der Waals surface area (Å²) in [6.45, 7) is 27.7. The second-order valence-corrected chi connectivity index (χ2v) is 35.2. The molecule has 0 fully saturated rings. The minimum absolute atomic E-state index is 0.0107. The van der Waals surface area contributed by atoms with Gasteiger partial charge in [-0.3, -0.25) is 52.7 Å². The van der Waals surface area contributed by atoms with Gasteiger partial charge in [-0.2, -0.15) is 0 Å². The van der Waals surface area contributed by atoms with E-state index in [-0.39, 0.29) is 92.4 Å². The van der Waals surface area contributed by atoms with Gasteiger partial charge in [0.25, 0.3) is 10.2 Å². The van der Waals surface area contributed by atoms with Gasteiger partial charge in [-0.05, 0) is 107 Å². The van der Waals surface area contributed by atoms with Gasteiger partial charge in [-0.15, -0.1) is 0 Å². The zero-order valence-corrected chi connectivity index (χ0v) is 65.2. The quantitative estimate of drug-likeness (QED) is 0.0917. The van der Waals surface area contributed by atoms with E-state index < -0.39 is 56.2 Å². The molecule has 544 valence electrons. The summed E-state index contributed by atoms with van der Waals surface area (Å²) in [7, 11) is 1.52. The Bertz CT molecular complexity index is 3290. The van der Waals surface area contributed by atoms with E-state index in [1.54, 1.807) is 52.0 Å².